The van der Waals surface area contributed by atoms with Gasteiger partial charge in [0.1, 0.15) is 5.75 Å². The fraction of sp³-hybridized carbons (Fsp3) is 0.400. The van der Waals surface area contributed by atoms with Crippen LogP contribution in [0.3, 0.4) is 0 Å². The number of nitro groups is 1. The van der Waals surface area contributed by atoms with Crippen molar-refractivity contribution in [1.82, 2.24) is 4.31 Å². The van der Waals surface area contributed by atoms with E-state index in [0.717, 1.165) is 18.4 Å². The quantitative estimate of drug-likeness (QED) is 0.492. The number of nitro benzene ring substituents is 1. The van der Waals surface area contributed by atoms with E-state index in [0.29, 0.717) is 11.3 Å². The summed E-state index contributed by atoms with van der Waals surface area (Å²) in [5, 5.41) is 11.5. The summed E-state index contributed by atoms with van der Waals surface area (Å²) in [6.07, 6.45) is 1.93. The first kappa shape index (κ1) is 20.3. The van der Waals surface area contributed by atoms with Crippen molar-refractivity contribution < 1.29 is 18.1 Å². The first-order chi connectivity index (χ1) is 13.3. The first-order valence-electron chi connectivity index (χ1n) is 9.14. The zero-order chi connectivity index (χ0) is 20.5. The molecule has 0 aromatic heterocycles. The lowest BCUT2D eigenvalue weighted by Gasteiger charge is -2.29. The third-order valence-corrected chi connectivity index (χ3v) is 7.34. The molecule has 0 amide bonds. The minimum absolute atomic E-state index is 0.148. The third kappa shape index (κ3) is 4.02. The van der Waals surface area contributed by atoms with Crippen molar-refractivity contribution in [1.29, 1.82) is 0 Å². The van der Waals surface area contributed by atoms with Crippen molar-refractivity contribution in [3.63, 3.8) is 0 Å². The van der Waals surface area contributed by atoms with Crippen LogP contribution in [0, 0.1) is 23.0 Å². The molecule has 3 rings (SSSR count). The lowest BCUT2D eigenvalue weighted by Crippen LogP contribution is -2.39. The Labute approximate surface area is 165 Å². The smallest absolute Gasteiger partial charge is 0.289 e. The number of sulfonamides is 1. The van der Waals surface area contributed by atoms with Crippen LogP contribution in [-0.2, 0) is 16.6 Å². The van der Waals surface area contributed by atoms with E-state index in [1.54, 1.807) is 32.2 Å². The second-order valence-corrected chi connectivity index (χ2v) is 8.98. The van der Waals surface area contributed by atoms with Gasteiger partial charge in [-0.05, 0) is 55.9 Å². The highest BCUT2D eigenvalue weighted by atomic mass is 32.2. The van der Waals surface area contributed by atoms with Crippen LogP contribution >= 0.6 is 0 Å². The Bertz CT molecular complexity index is 969. The van der Waals surface area contributed by atoms with E-state index in [4.69, 9.17) is 4.74 Å². The lowest BCUT2D eigenvalue weighted by atomic mass is 10.1. The molecule has 0 N–H and O–H groups in total. The fourth-order valence-electron chi connectivity index (χ4n) is 3.41. The van der Waals surface area contributed by atoms with Crippen molar-refractivity contribution >= 4 is 15.7 Å². The molecule has 28 heavy (non-hydrogen) atoms. The number of benzene rings is 2. The van der Waals surface area contributed by atoms with Crippen LogP contribution in [0.4, 0.5) is 5.69 Å². The molecule has 1 aliphatic rings. The van der Waals surface area contributed by atoms with Crippen LogP contribution in [0.5, 0.6) is 5.75 Å². The standard InChI is InChI=1S/C20H24N2O5S/c1-14-5-4-6-19(22(23)24)20(14)28(25,26)21(15(2)17-9-10-17)13-16-7-11-18(27-3)12-8-16/h4-8,11-12,15,17H,9-10,13H2,1-3H3. The normalized spacial score (nSPS) is 15.4. The van der Waals surface area contributed by atoms with Crippen molar-refractivity contribution in [2.75, 3.05) is 7.11 Å². The van der Waals surface area contributed by atoms with Crippen molar-refractivity contribution in [2.45, 2.75) is 44.2 Å². The molecule has 0 heterocycles. The third-order valence-electron chi connectivity index (χ3n) is 5.21. The molecule has 2 aromatic rings. The molecule has 1 unspecified atom stereocenters. The molecular formula is C20H24N2O5S. The highest BCUT2D eigenvalue weighted by Crippen LogP contribution is 2.39. The van der Waals surface area contributed by atoms with Gasteiger partial charge in [0, 0.05) is 18.7 Å². The molecule has 0 aliphatic heterocycles. The number of ether oxygens (including phenoxy) is 1. The zero-order valence-corrected chi connectivity index (χ0v) is 17.0. The SMILES string of the molecule is COc1ccc(CN(C(C)C2CC2)S(=O)(=O)c2c(C)cccc2[N+](=O)[O-])cc1. The molecule has 0 bridgehead atoms. The van der Waals surface area contributed by atoms with Gasteiger partial charge in [-0.15, -0.1) is 0 Å². The summed E-state index contributed by atoms with van der Waals surface area (Å²) < 4.78 is 33.7. The number of hydrogen-bond donors (Lipinski definition) is 0. The molecule has 1 fully saturated rings. The molecule has 0 saturated heterocycles. The number of rotatable bonds is 8. The Morgan fingerprint density at radius 1 is 1.21 bits per heavy atom. The van der Waals surface area contributed by atoms with Gasteiger partial charge in [0.25, 0.3) is 15.7 Å². The van der Waals surface area contributed by atoms with Gasteiger partial charge < -0.3 is 4.74 Å². The van der Waals surface area contributed by atoms with Crippen molar-refractivity contribution in [3.05, 3.63) is 63.7 Å². The largest absolute Gasteiger partial charge is 0.497 e. The summed E-state index contributed by atoms with van der Waals surface area (Å²) in [6, 6.07) is 11.3. The monoisotopic (exact) mass is 404 g/mol. The highest BCUT2D eigenvalue weighted by Gasteiger charge is 2.41. The maximum absolute atomic E-state index is 13.6. The van der Waals surface area contributed by atoms with Crippen molar-refractivity contribution in [3.8, 4) is 5.75 Å². The first-order valence-corrected chi connectivity index (χ1v) is 10.6. The summed E-state index contributed by atoms with van der Waals surface area (Å²) in [5.41, 5.74) is 0.785. The maximum Gasteiger partial charge on any atom is 0.289 e. The predicted octanol–water partition coefficient (Wildman–Crippen LogP) is 3.90. The Morgan fingerprint density at radius 3 is 2.39 bits per heavy atom. The van der Waals surface area contributed by atoms with Crippen LogP contribution < -0.4 is 4.74 Å². The van der Waals surface area contributed by atoms with Crippen LogP contribution in [0.25, 0.3) is 0 Å². The van der Waals surface area contributed by atoms with E-state index >= 15 is 0 Å². The van der Waals surface area contributed by atoms with E-state index in [1.807, 2.05) is 19.1 Å². The Hall–Kier alpha value is -2.45. The number of methoxy groups -OCH3 is 1. The van der Waals surface area contributed by atoms with E-state index in [1.165, 1.54) is 16.4 Å². The summed E-state index contributed by atoms with van der Waals surface area (Å²) in [7, 11) is -2.50. The average molecular weight is 404 g/mol. The molecule has 1 saturated carbocycles. The number of nitrogens with zero attached hydrogens (tertiary/aromatic N) is 2. The van der Waals surface area contributed by atoms with Gasteiger partial charge in [0.2, 0.25) is 0 Å². The molecule has 0 radical (unpaired) electrons. The summed E-state index contributed by atoms with van der Waals surface area (Å²) in [6.45, 7) is 3.62. The van der Waals surface area contributed by atoms with E-state index in [2.05, 4.69) is 0 Å². The Balaban J connectivity index is 2.05. The summed E-state index contributed by atoms with van der Waals surface area (Å²) in [5.74, 6) is 0.957. The molecule has 1 aliphatic carbocycles. The van der Waals surface area contributed by atoms with Crippen LogP contribution in [0.2, 0.25) is 0 Å². The van der Waals surface area contributed by atoms with Crippen molar-refractivity contribution in [2.24, 2.45) is 5.92 Å². The zero-order valence-electron chi connectivity index (χ0n) is 16.2. The van der Waals surface area contributed by atoms with E-state index in [-0.39, 0.29) is 29.1 Å². The molecular weight excluding hydrogens is 380 g/mol. The Morgan fingerprint density at radius 2 is 1.86 bits per heavy atom. The summed E-state index contributed by atoms with van der Waals surface area (Å²) >= 11 is 0. The van der Waals surface area contributed by atoms with E-state index in [9.17, 15) is 18.5 Å². The molecule has 8 heteroatoms. The van der Waals surface area contributed by atoms with Gasteiger partial charge in [-0.2, -0.15) is 4.31 Å². The summed E-state index contributed by atoms with van der Waals surface area (Å²) in [4.78, 5) is 10.6. The predicted molar refractivity (Wildman–Crippen MR) is 106 cm³/mol. The van der Waals surface area contributed by atoms with Crippen LogP contribution in [0.15, 0.2) is 47.4 Å². The average Bonchev–Trinajstić information content (AvgIpc) is 3.50. The second-order valence-electron chi connectivity index (χ2n) is 7.16. The van der Waals surface area contributed by atoms with Gasteiger partial charge in [0.15, 0.2) is 4.90 Å². The maximum atomic E-state index is 13.6. The van der Waals surface area contributed by atoms with Gasteiger partial charge >= 0.3 is 0 Å². The lowest BCUT2D eigenvalue weighted by molar-refractivity contribution is -0.387. The van der Waals surface area contributed by atoms with E-state index < -0.39 is 14.9 Å². The van der Waals surface area contributed by atoms with Gasteiger partial charge in [0.05, 0.1) is 12.0 Å². The van der Waals surface area contributed by atoms with Crippen LogP contribution in [-0.4, -0.2) is 30.8 Å². The molecule has 2 aromatic carbocycles. The fourth-order valence-corrected chi connectivity index (χ4v) is 5.45. The van der Waals surface area contributed by atoms with Gasteiger partial charge in [-0.1, -0.05) is 24.3 Å². The topological polar surface area (TPSA) is 89.8 Å². The number of aryl methyl sites for hydroxylation is 1. The number of hydrogen-bond acceptors (Lipinski definition) is 5. The second kappa shape index (κ2) is 7.89. The molecule has 0 spiro atoms. The van der Waals surface area contributed by atoms with Crippen LogP contribution in [0.1, 0.15) is 30.9 Å². The molecule has 150 valence electrons. The van der Waals surface area contributed by atoms with Gasteiger partial charge in [-0.25, -0.2) is 8.42 Å². The molecule has 1 atom stereocenters. The highest BCUT2D eigenvalue weighted by molar-refractivity contribution is 7.89. The minimum atomic E-state index is -4.07. The minimum Gasteiger partial charge on any atom is -0.497 e. The molecule has 7 nitrogen and oxygen atoms in total. The van der Waals surface area contributed by atoms with Gasteiger partial charge in [-0.3, -0.25) is 10.1 Å². The Kier molecular flexibility index (Phi) is 5.71.